The van der Waals surface area contributed by atoms with Gasteiger partial charge in [-0.1, -0.05) is 23.7 Å². The van der Waals surface area contributed by atoms with E-state index in [1.807, 2.05) is 0 Å². The first-order chi connectivity index (χ1) is 10.6. The van der Waals surface area contributed by atoms with Crippen molar-refractivity contribution in [3.8, 4) is 0 Å². The number of rotatable bonds is 1. The van der Waals surface area contributed by atoms with Crippen LogP contribution in [0.3, 0.4) is 0 Å². The second kappa shape index (κ2) is 4.83. The first-order valence-electron chi connectivity index (χ1n) is 7.33. The molecule has 0 bridgehead atoms. The summed E-state index contributed by atoms with van der Waals surface area (Å²) in [6, 6.07) is 6.53. The van der Waals surface area contributed by atoms with Crippen molar-refractivity contribution < 1.29 is 4.74 Å². The summed E-state index contributed by atoms with van der Waals surface area (Å²) in [5, 5.41) is 0.512. The van der Waals surface area contributed by atoms with E-state index in [-0.39, 0.29) is 11.4 Å². The van der Waals surface area contributed by atoms with Gasteiger partial charge in [0.15, 0.2) is 5.82 Å². The Morgan fingerprint density at radius 3 is 3.05 bits per heavy atom. The molecule has 22 heavy (non-hydrogen) atoms. The number of hydrogen-bond donors (Lipinski definition) is 1. The van der Waals surface area contributed by atoms with Gasteiger partial charge in [0, 0.05) is 24.3 Å². The second-order valence-corrected chi connectivity index (χ2v) is 6.50. The Bertz CT molecular complexity index is 743. The van der Waals surface area contributed by atoms with Crippen molar-refractivity contribution in [1.82, 2.24) is 9.97 Å². The fourth-order valence-corrected chi connectivity index (χ4v) is 3.67. The lowest BCUT2D eigenvalue weighted by molar-refractivity contribution is 0.180. The number of aromatic nitrogens is 2. The fourth-order valence-electron chi connectivity index (χ4n) is 3.48. The van der Waals surface area contributed by atoms with Crippen LogP contribution in [0.4, 0.5) is 17.5 Å². The molecule has 2 aliphatic rings. The molecule has 0 aliphatic carbocycles. The van der Waals surface area contributed by atoms with Crippen LogP contribution < -0.4 is 10.6 Å². The van der Waals surface area contributed by atoms with Crippen LogP contribution in [0.15, 0.2) is 24.4 Å². The maximum absolute atomic E-state index is 6.32. The van der Waals surface area contributed by atoms with E-state index in [9.17, 15) is 0 Å². The Hall–Kier alpha value is -1.85. The van der Waals surface area contributed by atoms with E-state index in [1.54, 1.807) is 6.20 Å². The Morgan fingerprint density at radius 2 is 2.27 bits per heavy atom. The maximum Gasteiger partial charge on any atom is 0.222 e. The Kier molecular flexibility index (Phi) is 3.03. The highest BCUT2D eigenvalue weighted by Gasteiger charge is 2.46. The van der Waals surface area contributed by atoms with Crippen LogP contribution in [-0.2, 0) is 10.2 Å². The molecule has 6 heteroatoms. The molecule has 4 rings (SSSR count). The third-order valence-electron chi connectivity index (χ3n) is 4.58. The molecule has 1 fully saturated rings. The monoisotopic (exact) mass is 316 g/mol. The molecule has 1 atom stereocenters. The molecular weight excluding hydrogens is 300 g/mol. The summed E-state index contributed by atoms with van der Waals surface area (Å²) in [6.45, 7) is 4.42. The number of nitrogens with zero attached hydrogens (tertiary/aromatic N) is 3. The lowest BCUT2D eigenvalue weighted by atomic mass is 9.81. The van der Waals surface area contributed by atoms with E-state index in [0.29, 0.717) is 10.8 Å². The van der Waals surface area contributed by atoms with Crippen LogP contribution in [0.1, 0.15) is 17.5 Å². The van der Waals surface area contributed by atoms with Gasteiger partial charge in [-0.05, 0) is 30.5 Å². The predicted octanol–water partition coefficient (Wildman–Crippen LogP) is 2.83. The number of ether oxygens (including phenoxy) is 1. The normalized spacial score (nSPS) is 23.3. The predicted molar refractivity (Wildman–Crippen MR) is 86.8 cm³/mol. The zero-order valence-electron chi connectivity index (χ0n) is 12.3. The quantitative estimate of drug-likeness (QED) is 0.876. The van der Waals surface area contributed by atoms with E-state index in [4.69, 9.17) is 22.1 Å². The van der Waals surface area contributed by atoms with Crippen molar-refractivity contribution in [2.45, 2.75) is 18.8 Å². The first kappa shape index (κ1) is 13.8. The Morgan fingerprint density at radius 1 is 1.41 bits per heavy atom. The molecule has 0 saturated carbocycles. The highest BCUT2D eigenvalue weighted by molar-refractivity contribution is 6.33. The molecular formula is C16H17ClN4O. The van der Waals surface area contributed by atoms with E-state index >= 15 is 0 Å². The van der Waals surface area contributed by atoms with Crippen LogP contribution in [0.2, 0.25) is 5.02 Å². The lowest BCUT2D eigenvalue weighted by Gasteiger charge is -2.24. The summed E-state index contributed by atoms with van der Waals surface area (Å²) in [6.07, 6.45) is 2.57. The smallest absolute Gasteiger partial charge is 0.222 e. The Balaban J connectivity index is 1.89. The number of hydrogen-bond acceptors (Lipinski definition) is 5. The van der Waals surface area contributed by atoms with Crippen LogP contribution in [0, 0.1) is 6.92 Å². The number of anilines is 3. The van der Waals surface area contributed by atoms with Crippen molar-refractivity contribution in [3.05, 3.63) is 40.5 Å². The number of fused-ring (bicyclic) bond motifs is 2. The van der Waals surface area contributed by atoms with Gasteiger partial charge in [0.2, 0.25) is 5.95 Å². The zero-order valence-corrected chi connectivity index (χ0v) is 13.1. The van der Waals surface area contributed by atoms with Gasteiger partial charge in [0.1, 0.15) is 5.02 Å². The molecule has 114 valence electrons. The standard InChI is InChI=1S/C16H17ClN4O/c1-10-2-3-11-13(6-10)21(8-16(11)4-5-22-9-16)14-12(17)7-19-15(18)20-14/h2-3,6-7H,4-5,8-9H2,1H3,(H2,18,19,20). The van der Waals surface area contributed by atoms with Crippen molar-refractivity contribution in [1.29, 1.82) is 0 Å². The van der Waals surface area contributed by atoms with Crippen LogP contribution in [0.25, 0.3) is 0 Å². The molecule has 1 spiro atoms. The molecule has 3 heterocycles. The second-order valence-electron chi connectivity index (χ2n) is 6.09. The van der Waals surface area contributed by atoms with Crippen molar-refractivity contribution in [2.24, 2.45) is 0 Å². The van der Waals surface area contributed by atoms with Gasteiger partial charge in [-0.15, -0.1) is 0 Å². The maximum atomic E-state index is 6.32. The highest BCUT2D eigenvalue weighted by Crippen LogP contribution is 2.49. The lowest BCUT2D eigenvalue weighted by Crippen LogP contribution is -2.32. The third kappa shape index (κ3) is 1.96. The summed E-state index contributed by atoms with van der Waals surface area (Å²) >= 11 is 6.32. The van der Waals surface area contributed by atoms with E-state index in [2.05, 4.69) is 40.0 Å². The number of halogens is 1. The average molecular weight is 317 g/mol. The SMILES string of the molecule is Cc1ccc2c(c1)N(c1nc(N)ncc1Cl)CC21CCOC1. The molecule has 1 aromatic heterocycles. The van der Waals surface area contributed by atoms with Gasteiger partial charge in [-0.2, -0.15) is 4.98 Å². The van der Waals surface area contributed by atoms with E-state index in [1.165, 1.54) is 11.1 Å². The van der Waals surface area contributed by atoms with Gasteiger partial charge < -0.3 is 15.4 Å². The molecule has 2 N–H and O–H groups in total. The molecule has 5 nitrogen and oxygen atoms in total. The highest BCUT2D eigenvalue weighted by atomic mass is 35.5. The van der Waals surface area contributed by atoms with E-state index < -0.39 is 0 Å². The molecule has 0 amide bonds. The minimum absolute atomic E-state index is 0.0199. The summed E-state index contributed by atoms with van der Waals surface area (Å²) in [5.74, 6) is 0.905. The number of aryl methyl sites for hydroxylation is 1. The van der Waals surface area contributed by atoms with Crippen LogP contribution >= 0.6 is 11.6 Å². The number of benzene rings is 1. The topological polar surface area (TPSA) is 64.3 Å². The zero-order chi connectivity index (χ0) is 15.3. The molecule has 1 saturated heterocycles. The van der Waals surface area contributed by atoms with Crippen LogP contribution in [0.5, 0.6) is 0 Å². The van der Waals surface area contributed by atoms with Gasteiger partial charge in [-0.25, -0.2) is 4.98 Å². The number of nitrogen functional groups attached to an aromatic ring is 1. The van der Waals surface area contributed by atoms with Crippen LogP contribution in [-0.4, -0.2) is 29.7 Å². The molecule has 1 aromatic carbocycles. The molecule has 2 aliphatic heterocycles. The molecule has 0 radical (unpaired) electrons. The number of nitrogens with two attached hydrogens (primary N) is 1. The van der Waals surface area contributed by atoms with Gasteiger partial charge in [0.05, 0.1) is 12.8 Å². The summed E-state index contributed by atoms with van der Waals surface area (Å²) in [7, 11) is 0. The minimum Gasteiger partial charge on any atom is -0.380 e. The van der Waals surface area contributed by atoms with Gasteiger partial charge in [0.25, 0.3) is 0 Å². The molecule has 2 aromatic rings. The third-order valence-corrected chi connectivity index (χ3v) is 4.85. The minimum atomic E-state index is 0.0199. The Labute approximate surface area is 134 Å². The molecule has 1 unspecified atom stereocenters. The van der Waals surface area contributed by atoms with Gasteiger partial charge in [-0.3, -0.25) is 0 Å². The van der Waals surface area contributed by atoms with Crippen molar-refractivity contribution in [2.75, 3.05) is 30.4 Å². The largest absolute Gasteiger partial charge is 0.380 e. The van der Waals surface area contributed by atoms with Gasteiger partial charge >= 0.3 is 0 Å². The first-order valence-corrected chi connectivity index (χ1v) is 7.71. The summed E-state index contributed by atoms with van der Waals surface area (Å²) in [4.78, 5) is 10.5. The van der Waals surface area contributed by atoms with E-state index in [0.717, 1.165) is 31.9 Å². The average Bonchev–Trinajstić information content (AvgIpc) is 3.08. The summed E-state index contributed by atoms with van der Waals surface area (Å²) < 4.78 is 5.69. The fraction of sp³-hybridized carbons (Fsp3) is 0.375. The summed E-state index contributed by atoms with van der Waals surface area (Å²) in [5.41, 5.74) is 9.44. The van der Waals surface area contributed by atoms with Crippen molar-refractivity contribution >= 4 is 29.1 Å². The van der Waals surface area contributed by atoms with Crippen molar-refractivity contribution in [3.63, 3.8) is 0 Å².